The predicted molar refractivity (Wildman–Crippen MR) is 103 cm³/mol. The molecule has 1 aromatic rings. The third-order valence-electron chi connectivity index (χ3n) is 5.85. The number of thiophene rings is 1. The minimum Gasteiger partial charge on any atom is -0.481 e. The van der Waals surface area contributed by atoms with E-state index in [9.17, 15) is 19.5 Å². The monoisotopic (exact) mass is 393 g/mol. The van der Waals surface area contributed by atoms with E-state index in [1.807, 2.05) is 13.8 Å². The third kappa shape index (κ3) is 3.61. The van der Waals surface area contributed by atoms with Crippen molar-refractivity contribution in [1.82, 2.24) is 0 Å². The zero-order chi connectivity index (χ0) is 19.9. The zero-order valence-corrected chi connectivity index (χ0v) is 17.0. The molecular weight excluding hydrogens is 366 g/mol. The molecule has 3 rings (SSSR count). The number of carboxylic acid groups (broad SMARTS) is 1. The summed E-state index contributed by atoms with van der Waals surface area (Å²) in [5.41, 5.74) is 1.29. The van der Waals surface area contributed by atoms with Gasteiger partial charge in [-0.15, -0.1) is 11.3 Å². The molecule has 1 amide bonds. The highest BCUT2D eigenvalue weighted by atomic mass is 32.1. The molecule has 0 aliphatic heterocycles. The van der Waals surface area contributed by atoms with Gasteiger partial charge in [0.25, 0.3) is 0 Å². The Morgan fingerprint density at radius 1 is 1.22 bits per heavy atom. The number of fused-ring (bicyclic) bond motifs is 2. The van der Waals surface area contributed by atoms with E-state index in [2.05, 4.69) is 5.32 Å². The van der Waals surface area contributed by atoms with Crippen LogP contribution in [-0.2, 0) is 20.7 Å². The lowest BCUT2D eigenvalue weighted by Crippen LogP contribution is -2.38. The molecule has 2 fully saturated rings. The first-order valence-electron chi connectivity index (χ1n) is 9.61. The van der Waals surface area contributed by atoms with Crippen molar-refractivity contribution in [3.63, 3.8) is 0 Å². The van der Waals surface area contributed by atoms with Crippen molar-refractivity contribution in [2.45, 2.75) is 59.5 Å². The second kappa shape index (κ2) is 7.62. The molecule has 148 valence electrons. The number of rotatable bonds is 6. The number of ether oxygens (including phenoxy) is 1. The number of carboxylic acids is 1. The summed E-state index contributed by atoms with van der Waals surface area (Å²) in [5.74, 6) is -2.55. The first-order chi connectivity index (χ1) is 12.7. The van der Waals surface area contributed by atoms with E-state index < -0.39 is 23.8 Å². The van der Waals surface area contributed by atoms with Crippen molar-refractivity contribution in [2.75, 3.05) is 5.32 Å². The normalized spacial score (nSPS) is 26.4. The van der Waals surface area contributed by atoms with Gasteiger partial charge in [0.15, 0.2) is 0 Å². The van der Waals surface area contributed by atoms with Gasteiger partial charge in [0.05, 0.1) is 23.5 Å². The maximum Gasteiger partial charge on any atom is 0.341 e. The summed E-state index contributed by atoms with van der Waals surface area (Å²) >= 11 is 1.36. The van der Waals surface area contributed by atoms with Gasteiger partial charge in [-0.3, -0.25) is 9.59 Å². The number of nitrogens with one attached hydrogen (secondary N) is 1. The number of hydrogen-bond donors (Lipinski definition) is 2. The van der Waals surface area contributed by atoms with Crippen LogP contribution in [0.1, 0.15) is 60.8 Å². The molecule has 2 aliphatic carbocycles. The summed E-state index contributed by atoms with van der Waals surface area (Å²) in [6, 6.07) is 0. The average Bonchev–Trinajstić information content (AvgIpc) is 3.25. The van der Waals surface area contributed by atoms with Gasteiger partial charge in [-0.2, -0.15) is 0 Å². The third-order valence-corrected chi connectivity index (χ3v) is 6.91. The van der Waals surface area contributed by atoms with Gasteiger partial charge in [-0.05, 0) is 63.9 Å². The summed E-state index contributed by atoms with van der Waals surface area (Å²) in [6.07, 6.45) is 2.99. The van der Waals surface area contributed by atoms with Gasteiger partial charge < -0.3 is 15.2 Å². The first-order valence-corrected chi connectivity index (χ1v) is 10.4. The molecule has 2 bridgehead atoms. The van der Waals surface area contributed by atoms with Gasteiger partial charge >= 0.3 is 11.9 Å². The van der Waals surface area contributed by atoms with Crippen LogP contribution in [0.5, 0.6) is 0 Å². The zero-order valence-electron chi connectivity index (χ0n) is 16.2. The molecule has 0 unspecified atom stereocenters. The Labute approximate surface area is 163 Å². The molecule has 27 heavy (non-hydrogen) atoms. The van der Waals surface area contributed by atoms with Crippen LogP contribution >= 0.6 is 11.3 Å². The van der Waals surface area contributed by atoms with Crippen LogP contribution in [0.15, 0.2) is 0 Å². The molecular formula is C20H27NO5S. The van der Waals surface area contributed by atoms with Crippen LogP contribution in [0.2, 0.25) is 0 Å². The lowest BCUT2D eigenvalue weighted by atomic mass is 9.79. The molecule has 0 radical (unpaired) electrons. The Kier molecular flexibility index (Phi) is 5.60. The van der Waals surface area contributed by atoms with Crippen LogP contribution in [0.3, 0.4) is 0 Å². The van der Waals surface area contributed by atoms with Gasteiger partial charge in [0, 0.05) is 4.88 Å². The minimum atomic E-state index is -0.890. The smallest absolute Gasteiger partial charge is 0.341 e. The van der Waals surface area contributed by atoms with Crippen molar-refractivity contribution in [1.29, 1.82) is 0 Å². The number of aryl methyl sites for hydroxylation is 1. The van der Waals surface area contributed by atoms with E-state index in [0.29, 0.717) is 17.0 Å². The van der Waals surface area contributed by atoms with Gasteiger partial charge in [-0.1, -0.05) is 6.92 Å². The summed E-state index contributed by atoms with van der Waals surface area (Å²) in [7, 11) is 0. The number of hydrogen-bond acceptors (Lipinski definition) is 5. The van der Waals surface area contributed by atoms with Crippen LogP contribution in [0.25, 0.3) is 0 Å². The lowest BCUT2D eigenvalue weighted by Gasteiger charge is -2.27. The van der Waals surface area contributed by atoms with Crippen molar-refractivity contribution < 1.29 is 24.2 Å². The topological polar surface area (TPSA) is 92.7 Å². The molecule has 4 atom stereocenters. The second-order valence-corrected chi connectivity index (χ2v) is 9.09. The fourth-order valence-electron chi connectivity index (χ4n) is 4.80. The Morgan fingerprint density at radius 2 is 1.85 bits per heavy atom. The quantitative estimate of drug-likeness (QED) is 0.716. The molecule has 1 heterocycles. The Balaban J connectivity index is 1.88. The summed E-state index contributed by atoms with van der Waals surface area (Å²) in [6.45, 7) is 7.45. The van der Waals surface area contributed by atoms with E-state index in [1.54, 1.807) is 13.8 Å². The van der Waals surface area contributed by atoms with E-state index in [0.717, 1.165) is 29.7 Å². The maximum atomic E-state index is 13.0. The van der Waals surface area contributed by atoms with Gasteiger partial charge in [-0.25, -0.2) is 4.79 Å². The number of amides is 1. The maximum absolute atomic E-state index is 13.0. The van der Waals surface area contributed by atoms with Crippen molar-refractivity contribution in [3.8, 4) is 0 Å². The second-order valence-electron chi connectivity index (χ2n) is 7.86. The molecule has 2 N–H and O–H groups in total. The first kappa shape index (κ1) is 19.9. The van der Waals surface area contributed by atoms with Crippen molar-refractivity contribution in [3.05, 3.63) is 16.0 Å². The van der Waals surface area contributed by atoms with Crippen LogP contribution in [-0.4, -0.2) is 29.1 Å². The summed E-state index contributed by atoms with van der Waals surface area (Å²) < 4.78 is 5.37. The van der Waals surface area contributed by atoms with Gasteiger partial charge in [0.2, 0.25) is 5.91 Å². The van der Waals surface area contributed by atoms with Crippen molar-refractivity contribution in [2.24, 2.45) is 23.7 Å². The number of esters is 1. The minimum absolute atomic E-state index is 0.0879. The Morgan fingerprint density at radius 3 is 2.41 bits per heavy atom. The molecule has 7 heteroatoms. The number of aliphatic carboxylic acids is 1. The van der Waals surface area contributed by atoms with Crippen LogP contribution < -0.4 is 5.32 Å². The fraction of sp³-hybridized carbons (Fsp3) is 0.650. The van der Waals surface area contributed by atoms with Crippen molar-refractivity contribution >= 4 is 34.2 Å². The Hall–Kier alpha value is -1.89. The largest absolute Gasteiger partial charge is 0.481 e. The van der Waals surface area contributed by atoms with Gasteiger partial charge in [0.1, 0.15) is 5.00 Å². The van der Waals surface area contributed by atoms with Crippen LogP contribution in [0.4, 0.5) is 5.00 Å². The van der Waals surface area contributed by atoms with E-state index in [1.165, 1.54) is 11.3 Å². The summed E-state index contributed by atoms with van der Waals surface area (Å²) in [4.78, 5) is 38.3. The number of carbonyl (C=O) groups excluding carboxylic acids is 2. The number of carbonyl (C=O) groups is 3. The fourth-order valence-corrected chi connectivity index (χ4v) is 5.94. The molecule has 6 nitrogen and oxygen atoms in total. The Bertz CT molecular complexity index is 769. The number of anilines is 1. The SMILES string of the molecule is CCc1c(C)sc(NC(=O)[C@@H]2[C@@H]3CC[C@H](C3)[C@@H]2C(=O)O)c1C(=O)OC(C)C. The summed E-state index contributed by atoms with van der Waals surface area (Å²) in [5, 5.41) is 13.0. The molecule has 2 aliphatic rings. The molecule has 0 aromatic carbocycles. The highest BCUT2D eigenvalue weighted by Gasteiger charge is 2.54. The average molecular weight is 394 g/mol. The molecule has 2 saturated carbocycles. The lowest BCUT2D eigenvalue weighted by molar-refractivity contribution is -0.148. The molecule has 1 aromatic heterocycles. The molecule has 0 saturated heterocycles. The highest BCUT2D eigenvalue weighted by Crippen LogP contribution is 2.53. The van der Waals surface area contributed by atoms with E-state index in [4.69, 9.17) is 4.74 Å². The molecule has 0 spiro atoms. The van der Waals surface area contributed by atoms with E-state index >= 15 is 0 Å². The predicted octanol–water partition coefficient (Wildman–Crippen LogP) is 3.87. The van der Waals surface area contributed by atoms with E-state index in [-0.39, 0.29) is 23.8 Å². The highest BCUT2D eigenvalue weighted by molar-refractivity contribution is 7.16. The standard InChI is InChI=1S/C20H27NO5S/c1-5-13-10(4)27-18(16(13)20(25)26-9(2)3)21-17(22)14-11-6-7-12(8-11)15(14)19(23)24/h9,11-12,14-15H,5-8H2,1-4H3,(H,21,22)(H,23,24)/t11-,12-,14-,15+/m1/s1. The van der Waals surface area contributed by atoms with Crippen LogP contribution in [0, 0.1) is 30.6 Å².